The maximum atomic E-state index is 12.2. The Morgan fingerprint density at radius 3 is 2.77 bits per heavy atom. The average molecular weight is 350 g/mol. The molecule has 1 fully saturated rings. The van der Waals surface area contributed by atoms with Crippen molar-refractivity contribution in [3.05, 3.63) is 64.5 Å². The van der Waals surface area contributed by atoms with E-state index in [9.17, 15) is 9.90 Å². The van der Waals surface area contributed by atoms with Crippen LogP contribution in [0, 0.1) is 5.92 Å². The number of benzene rings is 2. The van der Waals surface area contributed by atoms with Crippen LogP contribution in [0.3, 0.4) is 0 Å². The summed E-state index contributed by atoms with van der Waals surface area (Å²) in [5.41, 5.74) is 2.69. The second-order valence-corrected chi connectivity index (χ2v) is 7.41. The van der Waals surface area contributed by atoms with Gasteiger partial charge in [0.15, 0.2) is 5.58 Å². The van der Waals surface area contributed by atoms with E-state index in [4.69, 9.17) is 4.42 Å². The van der Waals surface area contributed by atoms with Gasteiger partial charge in [-0.2, -0.15) is 0 Å². The molecule has 1 aromatic heterocycles. The number of phenolic OH excluding ortho intramolecular Hbond substituents is 1. The largest absolute Gasteiger partial charge is 0.507 e. The summed E-state index contributed by atoms with van der Waals surface area (Å²) >= 11 is 0. The van der Waals surface area contributed by atoms with Crippen LogP contribution in [0.4, 0.5) is 0 Å². The molecule has 0 saturated carbocycles. The van der Waals surface area contributed by atoms with E-state index >= 15 is 0 Å². The minimum absolute atomic E-state index is 0.205. The maximum absolute atomic E-state index is 12.2. The fraction of sp³-hybridized carbons (Fsp3) is 0.318. The summed E-state index contributed by atoms with van der Waals surface area (Å²) < 4.78 is 5.58. The van der Waals surface area contributed by atoms with Gasteiger partial charge in [0.2, 0.25) is 0 Å². The SMILES string of the molecule is C[C@H]1CCC[NH+](Cc2c(O)ccc3c(-c4ccccc4)cc(=O)oc23)C1. The van der Waals surface area contributed by atoms with Crippen LogP contribution < -0.4 is 10.5 Å². The van der Waals surface area contributed by atoms with Crippen molar-refractivity contribution in [3.63, 3.8) is 0 Å². The van der Waals surface area contributed by atoms with Gasteiger partial charge in [0.1, 0.15) is 12.3 Å². The van der Waals surface area contributed by atoms with E-state index in [0.717, 1.165) is 35.2 Å². The van der Waals surface area contributed by atoms with Gasteiger partial charge in [-0.3, -0.25) is 0 Å². The zero-order valence-corrected chi connectivity index (χ0v) is 15.0. The van der Waals surface area contributed by atoms with E-state index in [0.29, 0.717) is 18.0 Å². The van der Waals surface area contributed by atoms with Gasteiger partial charge >= 0.3 is 5.63 Å². The van der Waals surface area contributed by atoms with Crippen molar-refractivity contribution in [2.75, 3.05) is 13.1 Å². The summed E-state index contributed by atoms with van der Waals surface area (Å²) in [7, 11) is 0. The second-order valence-electron chi connectivity index (χ2n) is 7.41. The molecule has 3 aromatic rings. The molecule has 0 amide bonds. The third-order valence-electron chi connectivity index (χ3n) is 5.37. The van der Waals surface area contributed by atoms with Crippen molar-refractivity contribution in [3.8, 4) is 16.9 Å². The van der Waals surface area contributed by atoms with Crippen molar-refractivity contribution in [2.45, 2.75) is 26.3 Å². The number of aromatic hydroxyl groups is 1. The summed E-state index contributed by atoms with van der Waals surface area (Å²) in [6, 6.07) is 14.9. The number of fused-ring (bicyclic) bond motifs is 1. The predicted octanol–water partition coefficient (Wildman–Crippen LogP) is 2.98. The molecular weight excluding hydrogens is 326 g/mol. The van der Waals surface area contributed by atoms with Gasteiger partial charge in [0.05, 0.1) is 18.7 Å². The molecule has 2 atom stereocenters. The highest BCUT2D eigenvalue weighted by molar-refractivity contribution is 5.95. The molecule has 0 bridgehead atoms. The average Bonchev–Trinajstić information content (AvgIpc) is 2.64. The van der Waals surface area contributed by atoms with Crippen molar-refractivity contribution < 1.29 is 14.4 Å². The first-order valence-corrected chi connectivity index (χ1v) is 9.29. The molecule has 26 heavy (non-hydrogen) atoms. The molecule has 2 heterocycles. The number of hydrogen-bond acceptors (Lipinski definition) is 3. The maximum Gasteiger partial charge on any atom is 0.336 e. The molecule has 1 aliphatic heterocycles. The Hall–Kier alpha value is -2.59. The number of piperidine rings is 1. The Bertz CT molecular complexity index is 978. The molecule has 1 aliphatic rings. The van der Waals surface area contributed by atoms with Crippen LogP contribution in [0.2, 0.25) is 0 Å². The highest BCUT2D eigenvalue weighted by atomic mass is 16.4. The summed E-state index contributed by atoms with van der Waals surface area (Å²) in [5.74, 6) is 0.888. The van der Waals surface area contributed by atoms with Gasteiger partial charge < -0.3 is 14.4 Å². The molecule has 1 unspecified atom stereocenters. The highest BCUT2D eigenvalue weighted by Crippen LogP contribution is 2.32. The van der Waals surface area contributed by atoms with Crippen LogP contribution in [0.1, 0.15) is 25.3 Å². The minimum atomic E-state index is -0.384. The third-order valence-corrected chi connectivity index (χ3v) is 5.37. The third kappa shape index (κ3) is 3.25. The number of likely N-dealkylation sites (tertiary alicyclic amines) is 1. The summed E-state index contributed by atoms with van der Waals surface area (Å²) in [6.07, 6.45) is 2.46. The van der Waals surface area contributed by atoms with E-state index in [2.05, 4.69) is 6.92 Å². The monoisotopic (exact) mass is 350 g/mol. The lowest BCUT2D eigenvalue weighted by Gasteiger charge is -2.28. The fourth-order valence-electron chi connectivity index (χ4n) is 4.11. The van der Waals surface area contributed by atoms with E-state index in [-0.39, 0.29) is 11.4 Å². The zero-order valence-electron chi connectivity index (χ0n) is 15.0. The van der Waals surface area contributed by atoms with Crippen molar-refractivity contribution in [2.24, 2.45) is 5.92 Å². The lowest BCUT2D eigenvalue weighted by atomic mass is 9.97. The molecule has 2 N–H and O–H groups in total. The van der Waals surface area contributed by atoms with Crippen LogP contribution in [0.15, 0.2) is 57.7 Å². The van der Waals surface area contributed by atoms with Gasteiger partial charge in [-0.25, -0.2) is 4.79 Å². The Labute approximate surface area is 152 Å². The quantitative estimate of drug-likeness (QED) is 0.714. The molecule has 134 valence electrons. The standard InChI is InChI=1S/C22H23NO3/c1-15-6-5-11-23(13-15)14-19-20(24)10-9-17-18(12-21(25)26-22(17)19)16-7-3-2-4-8-16/h2-4,7-10,12,15,24H,5-6,11,13-14H2,1H3/p+1/t15-/m0/s1. The van der Waals surface area contributed by atoms with E-state index in [1.165, 1.54) is 23.8 Å². The predicted molar refractivity (Wildman–Crippen MR) is 102 cm³/mol. The Morgan fingerprint density at radius 2 is 2.00 bits per heavy atom. The van der Waals surface area contributed by atoms with Gasteiger partial charge in [-0.15, -0.1) is 0 Å². The van der Waals surface area contributed by atoms with Crippen molar-refractivity contribution in [1.29, 1.82) is 0 Å². The van der Waals surface area contributed by atoms with E-state index < -0.39 is 0 Å². The Balaban J connectivity index is 1.84. The molecule has 4 heteroatoms. The van der Waals surface area contributed by atoms with Crippen LogP contribution >= 0.6 is 0 Å². The topological polar surface area (TPSA) is 54.9 Å². The van der Waals surface area contributed by atoms with Gasteiger partial charge in [0.25, 0.3) is 0 Å². The molecule has 0 aliphatic carbocycles. The minimum Gasteiger partial charge on any atom is -0.507 e. The molecule has 0 spiro atoms. The first kappa shape index (κ1) is 16.9. The number of rotatable bonds is 3. The molecular formula is C22H24NO3+. The van der Waals surface area contributed by atoms with Gasteiger partial charge in [-0.1, -0.05) is 37.3 Å². The van der Waals surface area contributed by atoms with E-state index in [1.807, 2.05) is 36.4 Å². The number of hydrogen-bond donors (Lipinski definition) is 2. The highest BCUT2D eigenvalue weighted by Gasteiger charge is 2.23. The molecule has 0 radical (unpaired) electrons. The van der Waals surface area contributed by atoms with Gasteiger partial charge in [-0.05, 0) is 36.1 Å². The Morgan fingerprint density at radius 1 is 1.19 bits per heavy atom. The second kappa shape index (κ2) is 6.96. The van der Waals surface area contributed by atoms with Crippen LogP contribution in [0.25, 0.3) is 22.1 Å². The molecule has 4 nitrogen and oxygen atoms in total. The summed E-state index contributed by atoms with van der Waals surface area (Å²) in [4.78, 5) is 13.7. The van der Waals surface area contributed by atoms with Crippen LogP contribution in [0.5, 0.6) is 5.75 Å². The van der Waals surface area contributed by atoms with Crippen molar-refractivity contribution >= 4 is 11.0 Å². The van der Waals surface area contributed by atoms with Crippen LogP contribution in [-0.2, 0) is 6.54 Å². The molecule has 4 rings (SSSR count). The van der Waals surface area contributed by atoms with Crippen molar-refractivity contribution in [1.82, 2.24) is 0 Å². The van der Waals surface area contributed by atoms with Gasteiger partial charge in [0, 0.05) is 17.4 Å². The number of phenols is 1. The number of quaternary nitrogens is 1. The Kier molecular flexibility index (Phi) is 4.51. The normalized spacial score (nSPS) is 20.3. The lowest BCUT2D eigenvalue weighted by Crippen LogP contribution is -3.12. The fourth-order valence-corrected chi connectivity index (χ4v) is 4.11. The molecule has 1 saturated heterocycles. The first-order chi connectivity index (χ1) is 12.6. The summed E-state index contributed by atoms with van der Waals surface area (Å²) in [5, 5.41) is 11.4. The van der Waals surface area contributed by atoms with E-state index in [1.54, 1.807) is 6.07 Å². The smallest absolute Gasteiger partial charge is 0.336 e. The zero-order chi connectivity index (χ0) is 18.1. The number of nitrogens with one attached hydrogen (secondary N) is 1. The molecule has 2 aromatic carbocycles. The summed E-state index contributed by atoms with van der Waals surface area (Å²) in [6.45, 7) is 5.12. The lowest BCUT2D eigenvalue weighted by molar-refractivity contribution is -0.922. The first-order valence-electron chi connectivity index (χ1n) is 9.29. The van der Waals surface area contributed by atoms with Crippen LogP contribution in [-0.4, -0.2) is 18.2 Å².